The van der Waals surface area contributed by atoms with Gasteiger partial charge in [0, 0.05) is 16.2 Å². The van der Waals surface area contributed by atoms with Crippen molar-refractivity contribution in [1.82, 2.24) is 0 Å². The van der Waals surface area contributed by atoms with Crippen LogP contribution in [0.25, 0.3) is 0 Å². The van der Waals surface area contributed by atoms with Gasteiger partial charge in [0.1, 0.15) is 6.04 Å². The number of nitrogens with one attached hydrogen (secondary N) is 1. The van der Waals surface area contributed by atoms with Gasteiger partial charge in [0.25, 0.3) is 6.04 Å². The second kappa shape index (κ2) is 7.42. The van der Waals surface area contributed by atoms with Crippen LogP contribution in [0.1, 0.15) is 23.2 Å². The van der Waals surface area contributed by atoms with E-state index >= 15 is 0 Å². The Bertz CT molecular complexity index is 777. The van der Waals surface area contributed by atoms with Gasteiger partial charge in [-0.15, -0.1) is 0 Å². The molecule has 24 heavy (non-hydrogen) atoms. The van der Waals surface area contributed by atoms with Crippen LogP contribution in [0.3, 0.4) is 0 Å². The van der Waals surface area contributed by atoms with Crippen LogP contribution in [0.2, 0.25) is 0 Å². The van der Waals surface area contributed by atoms with Crippen LogP contribution in [-0.4, -0.2) is 4.92 Å². The molecule has 0 aliphatic heterocycles. The van der Waals surface area contributed by atoms with E-state index in [1.807, 2.05) is 78.9 Å². The molecule has 2 atom stereocenters. The molecule has 1 N–H and O–H groups in total. The Morgan fingerprint density at radius 2 is 1.17 bits per heavy atom. The summed E-state index contributed by atoms with van der Waals surface area (Å²) in [5, 5.41) is 15.2. The van der Waals surface area contributed by atoms with Gasteiger partial charge in [-0.3, -0.25) is 10.1 Å². The lowest BCUT2D eigenvalue weighted by molar-refractivity contribution is -0.532. The molecule has 0 spiro atoms. The van der Waals surface area contributed by atoms with Crippen molar-refractivity contribution in [2.45, 2.75) is 12.1 Å². The molecule has 0 aliphatic carbocycles. The molecule has 3 aromatic rings. The third kappa shape index (κ3) is 3.60. The lowest BCUT2D eigenvalue weighted by Gasteiger charge is -2.24. The summed E-state index contributed by atoms with van der Waals surface area (Å²) in [6.45, 7) is 0. The molecule has 3 rings (SSSR count). The zero-order chi connectivity index (χ0) is 16.8. The summed E-state index contributed by atoms with van der Waals surface area (Å²) < 4.78 is 0. The molecule has 0 aliphatic rings. The first-order chi connectivity index (χ1) is 11.8. The number of para-hydroxylation sites is 1. The van der Waals surface area contributed by atoms with Gasteiger partial charge in [-0.05, 0) is 17.7 Å². The lowest BCUT2D eigenvalue weighted by Crippen LogP contribution is -2.25. The van der Waals surface area contributed by atoms with Crippen LogP contribution in [0.5, 0.6) is 0 Å². The molecule has 0 radical (unpaired) electrons. The lowest BCUT2D eigenvalue weighted by atomic mass is 9.93. The molecule has 4 nitrogen and oxygen atoms in total. The maximum Gasteiger partial charge on any atom is 0.261 e. The van der Waals surface area contributed by atoms with Crippen LogP contribution in [-0.2, 0) is 0 Å². The van der Waals surface area contributed by atoms with Gasteiger partial charge in [0.15, 0.2) is 0 Å². The van der Waals surface area contributed by atoms with Crippen molar-refractivity contribution >= 4 is 5.69 Å². The third-order valence-corrected chi connectivity index (χ3v) is 3.94. The fourth-order valence-corrected chi connectivity index (χ4v) is 2.80. The minimum atomic E-state index is -0.881. The quantitative estimate of drug-likeness (QED) is 0.522. The van der Waals surface area contributed by atoms with E-state index in [2.05, 4.69) is 5.32 Å². The van der Waals surface area contributed by atoms with E-state index in [-0.39, 0.29) is 4.92 Å². The number of anilines is 1. The molecule has 0 saturated carbocycles. The fraction of sp³-hybridized carbons (Fsp3) is 0.100. The number of rotatable bonds is 6. The van der Waals surface area contributed by atoms with Crippen molar-refractivity contribution in [3.63, 3.8) is 0 Å². The Balaban J connectivity index is 2.03. The van der Waals surface area contributed by atoms with Gasteiger partial charge in [-0.25, -0.2) is 0 Å². The second-order valence-electron chi connectivity index (χ2n) is 5.54. The highest BCUT2D eigenvalue weighted by Gasteiger charge is 2.34. The van der Waals surface area contributed by atoms with Crippen molar-refractivity contribution < 1.29 is 4.92 Å². The smallest absolute Gasteiger partial charge is 0.261 e. The van der Waals surface area contributed by atoms with Crippen LogP contribution in [0.4, 0.5) is 5.69 Å². The highest BCUT2D eigenvalue weighted by atomic mass is 16.6. The molecule has 0 aromatic heterocycles. The van der Waals surface area contributed by atoms with Crippen LogP contribution >= 0.6 is 0 Å². The molecule has 3 aromatic carbocycles. The van der Waals surface area contributed by atoms with E-state index in [0.717, 1.165) is 11.3 Å². The Labute approximate surface area is 140 Å². The SMILES string of the molecule is O=[N+]([O-])C(c1ccccc1)C(Nc1ccccc1)c1ccccc1. The number of benzene rings is 3. The van der Waals surface area contributed by atoms with E-state index < -0.39 is 12.1 Å². The summed E-state index contributed by atoms with van der Waals surface area (Å²) in [5.41, 5.74) is 2.42. The van der Waals surface area contributed by atoms with Gasteiger partial charge in [-0.1, -0.05) is 78.9 Å². The standard InChI is InChI=1S/C20H18N2O2/c23-22(24)20(17-12-6-2-7-13-17)19(16-10-4-1-5-11-16)21-18-14-8-3-9-15-18/h1-15,19-21H. The Kier molecular flexibility index (Phi) is 4.87. The summed E-state index contributed by atoms with van der Waals surface area (Å²) in [6.07, 6.45) is 0. The summed E-state index contributed by atoms with van der Waals surface area (Å²) in [4.78, 5) is 11.7. The van der Waals surface area contributed by atoms with E-state index in [4.69, 9.17) is 0 Å². The average molecular weight is 318 g/mol. The van der Waals surface area contributed by atoms with Crippen molar-refractivity contribution in [3.05, 3.63) is 112 Å². The van der Waals surface area contributed by atoms with Crippen LogP contribution in [0, 0.1) is 10.1 Å². The average Bonchev–Trinajstić information content (AvgIpc) is 2.63. The molecular formula is C20H18N2O2. The molecule has 4 heteroatoms. The summed E-state index contributed by atoms with van der Waals surface area (Å²) in [5.74, 6) is 0. The van der Waals surface area contributed by atoms with Crippen LogP contribution in [0.15, 0.2) is 91.0 Å². The number of nitrogens with zero attached hydrogens (tertiary/aromatic N) is 1. The minimum absolute atomic E-state index is 0.219. The van der Waals surface area contributed by atoms with Crippen molar-refractivity contribution in [2.75, 3.05) is 5.32 Å². The Morgan fingerprint density at radius 1 is 0.708 bits per heavy atom. The van der Waals surface area contributed by atoms with E-state index in [1.165, 1.54) is 0 Å². The summed E-state index contributed by atoms with van der Waals surface area (Å²) in [7, 11) is 0. The molecule has 0 saturated heterocycles. The Morgan fingerprint density at radius 3 is 1.67 bits per heavy atom. The first-order valence-corrected chi connectivity index (χ1v) is 7.80. The molecule has 0 amide bonds. The number of hydrogen-bond acceptors (Lipinski definition) is 3. The molecular weight excluding hydrogens is 300 g/mol. The largest absolute Gasteiger partial charge is 0.372 e. The third-order valence-electron chi connectivity index (χ3n) is 3.94. The second-order valence-corrected chi connectivity index (χ2v) is 5.54. The highest BCUT2D eigenvalue weighted by molar-refractivity contribution is 5.46. The van der Waals surface area contributed by atoms with Gasteiger partial charge < -0.3 is 5.32 Å². The first-order valence-electron chi connectivity index (χ1n) is 7.80. The van der Waals surface area contributed by atoms with Crippen LogP contribution < -0.4 is 5.32 Å². The maximum atomic E-state index is 11.9. The number of nitro groups is 1. The van der Waals surface area contributed by atoms with Gasteiger partial charge >= 0.3 is 0 Å². The topological polar surface area (TPSA) is 55.2 Å². The van der Waals surface area contributed by atoms with Crippen molar-refractivity contribution in [3.8, 4) is 0 Å². The van der Waals surface area contributed by atoms with E-state index in [0.29, 0.717) is 5.56 Å². The molecule has 0 fully saturated rings. The molecule has 120 valence electrons. The molecule has 2 unspecified atom stereocenters. The number of hydrogen-bond donors (Lipinski definition) is 1. The predicted molar refractivity (Wildman–Crippen MR) is 95.4 cm³/mol. The molecule has 0 heterocycles. The first kappa shape index (κ1) is 15.7. The monoisotopic (exact) mass is 318 g/mol. The zero-order valence-corrected chi connectivity index (χ0v) is 13.1. The normalized spacial score (nSPS) is 13.0. The van der Waals surface area contributed by atoms with Gasteiger partial charge in [-0.2, -0.15) is 0 Å². The highest BCUT2D eigenvalue weighted by Crippen LogP contribution is 2.34. The minimum Gasteiger partial charge on any atom is -0.372 e. The fourth-order valence-electron chi connectivity index (χ4n) is 2.80. The zero-order valence-electron chi connectivity index (χ0n) is 13.1. The summed E-state index contributed by atoms with van der Waals surface area (Å²) in [6, 6.07) is 26.9. The van der Waals surface area contributed by atoms with Gasteiger partial charge in [0.05, 0.1) is 0 Å². The van der Waals surface area contributed by atoms with E-state index in [1.54, 1.807) is 12.1 Å². The summed E-state index contributed by atoms with van der Waals surface area (Å²) >= 11 is 0. The van der Waals surface area contributed by atoms with E-state index in [9.17, 15) is 10.1 Å². The molecule has 0 bridgehead atoms. The van der Waals surface area contributed by atoms with Crippen molar-refractivity contribution in [2.24, 2.45) is 0 Å². The Hall–Kier alpha value is -3.14. The maximum absolute atomic E-state index is 11.9. The van der Waals surface area contributed by atoms with Gasteiger partial charge in [0.2, 0.25) is 0 Å². The predicted octanol–water partition coefficient (Wildman–Crippen LogP) is 4.86. The van der Waals surface area contributed by atoms with Crippen molar-refractivity contribution in [1.29, 1.82) is 0 Å².